The summed E-state index contributed by atoms with van der Waals surface area (Å²) in [7, 11) is 0. The number of urea groups is 1. The molecule has 2 aliphatic rings. The van der Waals surface area contributed by atoms with E-state index in [4.69, 9.17) is 11.6 Å². The average molecular weight is 305 g/mol. The predicted octanol–water partition coefficient (Wildman–Crippen LogP) is 2.22. The monoisotopic (exact) mass is 304 g/mol. The minimum atomic E-state index is -1.07. The lowest BCUT2D eigenvalue weighted by Gasteiger charge is -2.34. The van der Waals surface area contributed by atoms with Crippen LogP contribution in [0.4, 0.5) is 4.79 Å². The summed E-state index contributed by atoms with van der Waals surface area (Å²) in [5.74, 6) is -2.21. The molecule has 3 rings (SSSR count). The van der Waals surface area contributed by atoms with E-state index < -0.39 is 23.8 Å². The fourth-order valence-corrected chi connectivity index (χ4v) is 2.98. The molecule has 1 aliphatic carbocycles. The van der Waals surface area contributed by atoms with E-state index in [2.05, 4.69) is 5.32 Å². The van der Waals surface area contributed by atoms with Gasteiger partial charge in [-0.15, -0.1) is 0 Å². The Morgan fingerprint density at radius 2 is 1.76 bits per heavy atom. The van der Waals surface area contributed by atoms with Gasteiger partial charge in [0.15, 0.2) is 0 Å². The van der Waals surface area contributed by atoms with Crippen LogP contribution in [0.25, 0.3) is 0 Å². The number of nitrogens with one attached hydrogen (secondary N) is 1. The third-order valence-electron chi connectivity index (χ3n) is 3.76. The molecule has 0 radical (unpaired) electrons. The van der Waals surface area contributed by atoms with E-state index in [1.54, 1.807) is 24.3 Å². The quantitative estimate of drug-likeness (QED) is 0.673. The van der Waals surface area contributed by atoms with Crippen LogP contribution in [0.1, 0.15) is 24.3 Å². The molecule has 1 fully saturated rings. The molecule has 0 bridgehead atoms. The molecule has 0 aromatic heterocycles. The number of imide groups is 2. The van der Waals surface area contributed by atoms with E-state index in [0.717, 1.165) is 4.90 Å². The van der Waals surface area contributed by atoms with Gasteiger partial charge < -0.3 is 0 Å². The van der Waals surface area contributed by atoms with Crippen molar-refractivity contribution in [3.05, 3.63) is 47.0 Å². The Labute approximate surface area is 126 Å². The third-order valence-corrected chi connectivity index (χ3v) is 4.10. The predicted molar refractivity (Wildman–Crippen MR) is 76.7 cm³/mol. The Bertz CT molecular complexity index is 648. The summed E-state index contributed by atoms with van der Waals surface area (Å²) in [4.78, 5) is 37.8. The molecule has 1 heterocycles. The fourth-order valence-electron chi connectivity index (χ4n) is 2.73. The van der Waals surface area contributed by atoms with Crippen molar-refractivity contribution in [2.45, 2.75) is 24.8 Å². The molecule has 1 saturated heterocycles. The fraction of sp³-hybridized carbons (Fsp3) is 0.267. The molecule has 0 spiro atoms. The number of barbiturate groups is 1. The zero-order valence-corrected chi connectivity index (χ0v) is 11.8. The second kappa shape index (κ2) is 5.33. The maximum absolute atomic E-state index is 12.6. The zero-order valence-electron chi connectivity index (χ0n) is 11.1. The summed E-state index contributed by atoms with van der Waals surface area (Å²) < 4.78 is 0. The molecule has 4 amide bonds. The number of rotatable bonds is 2. The maximum atomic E-state index is 12.6. The normalized spacial score (nSPS) is 22.8. The summed E-state index contributed by atoms with van der Waals surface area (Å²) in [6.07, 6.45) is 5.07. The smallest absolute Gasteiger partial charge is 0.277 e. The van der Waals surface area contributed by atoms with Gasteiger partial charge in [-0.05, 0) is 24.5 Å². The zero-order chi connectivity index (χ0) is 15.0. The van der Waals surface area contributed by atoms with Gasteiger partial charge in [0.1, 0.15) is 5.92 Å². The first-order valence-corrected chi connectivity index (χ1v) is 7.04. The van der Waals surface area contributed by atoms with Crippen molar-refractivity contribution in [2.75, 3.05) is 0 Å². The maximum Gasteiger partial charge on any atom is 0.331 e. The number of amides is 4. The summed E-state index contributed by atoms with van der Waals surface area (Å²) in [5, 5.41) is 2.59. The topological polar surface area (TPSA) is 66.5 Å². The summed E-state index contributed by atoms with van der Waals surface area (Å²) in [6.45, 7) is 0. The van der Waals surface area contributed by atoms with Crippen LogP contribution < -0.4 is 5.32 Å². The lowest BCUT2D eigenvalue weighted by Crippen LogP contribution is -2.59. The summed E-state index contributed by atoms with van der Waals surface area (Å²) >= 11 is 6.08. The molecule has 1 N–H and O–H groups in total. The highest BCUT2D eigenvalue weighted by atomic mass is 35.5. The highest BCUT2D eigenvalue weighted by Crippen LogP contribution is 2.31. The highest BCUT2D eigenvalue weighted by Gasteiger charge is 2.44. The number of carbonyl (C=O) groups excluding carboxylic acids is 3. The molecule has 1 unspecified atom stereocenters. The second-order valence-corrected chi connectivity index (χ2v) is 5.46. The molecule has 6 heteroatoms. The molecule has 1 aliphatic heterocycles. The molecular weight excluding hydrogens is 292 g/mol. The van der Waals surface area contributed by atoms with Crippen LogP contribution in [0, 0.1) is 0 Å². The minimum Gasteiger partial charge on any atom is -0.277 e. The van der Waals surface area contributed by atoms with E-state index in [-0.39, 0.29) is 6.04 Å². The first-order valence-electron chi connectivity index (χ1n) is 6.67. The van der Waals surface area contributed by atoms with Gasteiger partial charge in [0.25, 0.3) is 0 Å². The van der Waals surface area contributed by atoms with Crippen molar-refractivity contribution >= 4 is 29.4 Å². The Kier molecular flexibility index (Phi) is 3.51. The van der Waals surface area contributed by atoms with E-state index in [1.807, 2.05) is 12.2 Å². The van der Waals surface area contributed by atoms with Crippen molar-refractivity contribution in [3.8, 4) is 0 Å². The lowest BCUT2D eigenvalue weighted by molar-refractivity contribution is -0.140. The van der Waals surface area contributed by atoms with Crippen molar-refractivity contribution in [2.24, 2.45) is 0 Å². The standard InChI is InChI=1S/C15H13ClN2O3/c16-11-8-4-3-7-10(11)12-13(19)17-15(21)18(14(12)20)9-5-1-2-6-9/h1-4,7-9,12H,5-6H2,(H,17,19,21). The van der Waals surface area contributed by atoms with Crippen molar-refractivity contribution in [3.63, 3.8) is 0 Å². The number of hydrogen-bond donors (Lipinski definition) is 1. The SMILES string of the molecule is O=C1NC(=O)N(C2CC=CC2)C(=O)C1c1ccccc1Cl. The van der Waals surface area contributed by atoms with E-state index in [9.17, 15) is 14.4 Å². The van der Waals surface area contributed by atoms with Crippen molar-refractivity contribution in [1.82, 2.24) is 10.2 Å². The van der Waals surface area contributed by atoms with Crippen LogP contribution in [0.5, 0.6) is 0 Å². The summed E-state index contributed by atoms with van der Waals surface area (Å²) in [6, 6.07) is 5.80. The van der Waals surface area contributed by atoms with Crippen LogP contribution in [0.2, 0.25) is 5.02 Å². The van der Waals surface area contributed by atoms with Gasteiger partial charge >= 0.3 is 6.03 Å². The van der Waals surface area contributed by atoms with E-state index in [1.165, 1.54) is 0 Å². The number of nitrogens with zero attached hydrogens (tertiary/aromatic N) is 1. The Morgan fingerprint density at radius 1 is 1.10 bits per heavy atom. The van der Waals surface area contributed by atoms with Crippen LogP contribution in [-0.2, 0) is 9.59 Å². The Hall–Kier alpha value is -2.14. The van der Waals surface area contributed by atoms with Gasteiger partial charge in [0, 0.05) is 11.1 Å². The molecular formula is C15H13ClN2O3. The van der Waals surface area contributed by atoms with Crippen molar-refractivity contribution in [1.29, 1.82) is 0 Å². The van der Waals surface area contributed by atoms with Gasteiger partial charge in [0.05, 0.1) is 0 Å². The van der Waals surface area contributed by atoms with Gasteiger partial charge in [-0.1, -0.05) is 42.0 Å². The van der Waals surface area contributed by atoms with Crippen LogP contribution in [0.3, 0.4) is 0 Å². The van der Waals surface area contributed by atoms with Crippen LogP contribution in [0.15, 0.2) is 36.4 Å². The minimum absolute atomic E-state index is 0.226. The first kappa shape index (κ1) is 13.8. The summed E-state index contributed by atoms with van der Waals surface area (Å²) in [5.41, 5.74) is 0.421. The number of halogens is 1. The van der Waals surface area contributed by atoms with Gasteiger partial charge in [0.2, 0.25) is 11.8 Å². The van der Waals surface area contributed by atoms with Gasteiger partial charge in [-0.2, -0.15) is 0 Å². The molecule has 1 atom stereocenters. The molecule has 21 heavy (non-hydrogen) atoms. The van der Waals surface area contributed by atoms with Crippen molar-refractivity contribution < 1.29 is 14.4 Å². The number of carbonyl (C=O) groups is 3. The molecule has 0 saturated carbocycles. The molecule has 108 valence electrons. The number of benzene rings is 1. The number of hydrogen-bond acceptors (Lipinski definition) is 3. The third kappa shape index (κ3) is 2.34. The van der Waals surface area contributed by atoms with E-state index >= 15 is 0 Å². The second-order valence-electron chi connectivity index (χ2n) is 5.05. The van der Waals surface area contributed by atoms with Gasteiger partial charge in [-0.3, -0.25) is 19.8 Å². The Morgan fingerprint density at radius 3 is 2.43 bits per heavy atom. The van der Waals surface area contributed by atoms with E-state index in [0.29, 0.717) is 23.4 Å². The first-order chi connectivity index (χ1) is 10.1. The van der Waals surface area contributed by atoms with Crippen LogP contribution >= 0.6 is 11.6 Å². The largest absolute Gasteiger partial charge is 0.331 e. The van der Waals surface area contributed by atoms with Gasteiger partial charge in [-0.25, -0.2) is 4.79 Å². The average Bonchev–Trinajstić information content (AvgIpc) is 2.94. The molecule has 1 aromatic carbocycles. The highest BCUT2D eigenvalue weighted by molar-refractivity contribution is 6.32. The molecule has 1 aromatic rings. The molecule has 5 nitrogen and oxygen atoms in total. The van der Waals surface area contributed by atoms with Crippen LogP contribution in [-0.4, -0.2) is 28.8 Å². The lowest BCUT2D eigenvalue weighted by atomic mass is 9.94. The Balaban J connectivity index is 1.97.